The number of benzene rings is 2. The predicted octanol–water partition coefficient (Wildman–Crippen LogP) is 3.45. The molecule has 2 aromatic rings. The van der Waals surface area contributed by atoms with Crippen molar-refractivity contribution >= 4 is 16.5 Å². The lowest BCUT2D eigenvalue weighted by Crippen LogP contribution is -2.33. The van der Waals surface area contributed by atoms with Crippen LogP contribution >= 0.6 is 0 Å². The van der Waals surface area contributed by atoms with E-state index in [2.05, 4.69) is 19.9 Å². The Kier molecular flexibility index (Phi) is 2.73. The third kappa shape index (κ3) is 1.70. The molecule has 0 fully saturated rings. The largest absolute Gasteiger partial charge is 0.489 e. The summed E-state index contributed by atoms with van der Waals surface area (Å²) in [5.74, 6) is 1.23. The van der Waals surface area contributed by atoms with E-state index in [0.29, 0.717) is 5.92 Å². The minimum absolute atomic E-state index is 0.279. The lowest BCUT2D eigenvalue weighted by atomic mass is 9.83. The van der Waals surface area contributed by atoms with Crippen LogP contribution in [0.25, 0.3) is 10.8 Å². The van der Waals surface area contributed by atoms with E-state index in [4.69, 9.17) is 10.5 Å². The van der Waals surface area contributed by atoms with Crippen LogP contribution in [0, 0.1) is 6.92 Å². The molecule has 1 heterocycles. The fourth-order valence-corrected chi connectivity index (χ4v) is 3.14. The first-order chi connectivity index (χ1) is 9.33. The Balaban J connectivity index is 2.52. The van der Waals surface area contributed by atoms with Gasteiger partial charge in [-0.15, -0.1) is 0 Å². The van der Waals surface area contributed by atoms with Crippen molar-refractivity contribution in [3.8, 4) is 5.75 Å². The molecule has 0 amide bonds. The van der Waals surface area contributed by atoms with Gasteiger partial charge in [-0.05, 0) is 42.5 Å². The number of aryl methyl sites for hydroxylation is 1. The summed E-state index contributed by atoms with van der Waals surface area (Å²) >= 11 is 0. The van der Waals surface area contributed by atoms with Crippen molar-refractivity contribution in [2.24, 2.45) is 0 Å². The van der Waals surface area contributed by atoms with Gasteiger partial charge in [-0.2, -0.15) is 0 Å². The van der Waals surface area contributed by atoms with E-state index in [-0.39, 0.29) is 6.61 Å². The van der Waals surface area contributed by atoms with E-state index < -0.39 is 5.60 Å². The second-order valence-corrected chi connectivity index (χ2v) is 6.28. The highest BCUT2D eigenvalue weighted by molar-refractivity contribution is 6.03. The standard InChI is InChI=1S/C17H21NO2/c1-9(2)11-5-6-12-15-14(11)13(18)7-10(3)16(15)20-8-17(12,4)19/h5-7,9,19H,8,18H2,1-4H3. The van der Waals surface area contributed by atoms with Crippen LogP contribution in [-0.2, 0) is 5.60 Å². The molecule has 0 aromatic heterocycles. The van der Waals surface area contributed by atoms with Crippen molar-refractivity contribution in [1.29, 1.82) is 0 Å². The van der Waals surface area contributed by atoms with E-state index in [1.165, 1.54) is 5.56 Å². The topological polar surface area (TPSA) is 55.5 Å². The SMILES string of the molecule is Cc1cc(N)c2c(C(C)C)ccc3c2c1OCC3(C)O. The van der Waals surface area contributed by atoms with Crippen molar-refractivity contribution in [1.82, 2.24) is 0 Å². The van der Waals surface area contributed by atoms with Gasteiger partial charge in [-0.1, -0.05) is 26.0 Å². The lowest BCUT2D eigenvalue weighted by molar-refractivity contribution is 0.00353. The van der Waals surface area contributed by atoms with Crippen molar-refractivity contribution in [3.63, 3.8) is 0 Å². The van der Waals surface area contributed by atoms with E-state index in [1.807, 2.05) is 19.1 Å². The van der Waals surface area contributed by atoms with Crippen molar-refractivity contribution < 1.29 is 9.84 Å². The zero-order chi connectivity index (χ0) is 14.7. The molecule has 0 saturated carbocycles. The molecule has 106 valence electrons. The number of aliphatic hydroxyl groups is 1. The van der Waals surface area contributed by atoms with E-state index >= 15 is 0 Å². The molecule has 3 nitrogen and oxygen atoms in total. The first-order valence-corrected chi connectivity index (χ1v) is 7.04. The second-order valence-electron chi connectivity index (χ2n) is 6.28. The maximum absolute atomic E-state index is 10.6. The zero-order valence-corrected chi connectivity index (χ0v) is 12.4. The fraction of sp³-hybridized carbons (Fsp3) is 0.412. The van der Waals surface area contributed by atoms with E-state index in [9.17, 15) is 5.11 Å². The van der Waals surface area contributed by atoms with Crippen LogP contribution in [0.1, 0.15) is 43.4 Å². The first-order valence-electron chi connectivity index (χ1n) is 7.04. The molecule has 3 rings (SSSR count). The molecule has 0 radical (unpaired) electrons. The van der Waals surface area contributed by atoms with Gasteiger partial charge in [0.15, 0.2) is 0 Å². The summed E-state index contributed by atoms with van der Waals surface area (Å²) in [5, 5.41) is 12.6. The Morgan fingerprint density at radius 3 is 2.65 bits per heavy atom. The zero-order valence-electron chi connectivity index (χ0n) is 12.4. The average molecular weight is 271 g/mol. The van der Waals surface area contributed by atoms with Gasteiger partial charge in [0.25, 0.3) is 0 Å². The molecule has 0 spiro atoms. The van der Waals surface area contributed by atoms with Crippen LogP contribution in [0.15, 0.2) is 18.2 Å². The summed E-state index contributed by atoms with van der Waals surface area (Å²) in [6.45, 7) is 8.37. The van der Waals surface area contributed by atoms with Crippen LogP contribution in [0.4, 0.5) is 5.69 Å². The molecule has 3 heteroatoms. The molecule has 1 unspecified atom stereocenters. The summed E-state index contributed by atoms with van der Waals surface area (Å²) < 4.78 is 5.83. The summed E-state index contributed by atoms with van der Waals surface area (Å²) in [5.41, 5.74) is 9.18. The molecular weight excluding hydrogens is 250 g/mol. The van der Waals surface area contributed by atoms with E-state index in [0.717, 1.165) is 33.3 Å². The Bertz CT molecular complexity index is 702. The van der Waals surface area contributed by atoms with Crippen LogP contribution in [-0.4, -0.2) is 11.7 Å². The molecule has 1 aliphatic rings. The molecule has 0 saturated heterocycles. The first kappa shape index (κ1) is 13.3. The number of nitrogen functional groups attached to an aromatic ring is 1. The normalized spacial score (nSPS) is 21.3. The molecular formula is C17H21NO2. The van der Waals surface area contributed by atoms with Gasteiger partial charge in [0.05, 0.1) is 0 Å². The highest BCUT2D eigenvalue weighted by Crippen LogP contribution is 2.46. The molecule has 0 bridgehead atoms. The van der Waals surface area contributed by atoms with Crippen LogP contribution in [0.5, 0.6) is 5.75 Å². The molecule has 2 aromatic carbocycles. The van der Waals surface area contributed by atoms with Crippen molar-refractivity contribution in [2.45, 2.75) is 39.2 Å². The average Bonchev–Trinajstić information content (AvgIpc) is 2.36. The Morgan fingerprint density at radius 2 is 2.00 bits per heavy atom. The van der Waals surface area contributed by atoms with Crippen molar-refractivity contribution in [2.75, 3.05) is 12.3 Å². The fourth-order valence-electron chi connectivity index (χ4n) is 3.14. The molecule has 3 N–H and O–H groups in total. The number of hydrogen-bond acceptors (Lipinski definition) is 3. The molecule has 1 atom stereocenters. The minimum atomic E-state index is -0.971. The third-order valence-corrected chi connectivity index (χ3v) is 4.18. The van der Waals surface area contributed by atoms with Gasteiger partial charge in [-0.25, -0.2) is 0 Å². The predicted molar refractivity (Wildman–Crippen MR) is 82.3 cm³/mol. The van der Waals surface area contributed by atoms with Crippen LogP contribution in [0.2, 0.25) is 0 Å². The van der Waals surface area contributed by atoms with Crippen molar-refractivity contribution in [3.05, 3.63) is 34.9 Å². The molecule has 0 aliphatic carbocycles. The quantitative estimate of drug-likeness (QED) is 0.781. The smallest absolute Gasteiger partial charge is 0.130 e. The molecule has 1 aliphatic heterocycles. The van der Waals surface area contributed by atoms with Gasteiger partial charge >= 0.3 is 0 Å². The summed E-state index contributed by atoms with van der Waals surface area (Å²) in [6.07, 6.45) is 0. The lowest BCUT2D eigenvalue weighted by Gasteiger charge is -2.33. The number of anilines is 1. The molecule has 20 heavy (non-hydrogen) atoms. The minimum Gasteiger partial charge on any atom is -0.489 e. The van der Waals surface area contributed by atoms with Gasteiger partial charge in [0, 0.05) is 16.5 Å². The number of hydrogen-bond donors (Lipinski definition) is 2. The summed E-state index contributed by atoms with van der Waals surface area (Å²) in [7, 11) is 0. The Morgan fingerprint density at radius 1 is 1.30 bits per heavy atom. The second kappa shape index (κ2) is 4.13. The maximum atomic E-state index is 10.6. The summed E-state index contributed by atoms with van der Waals surface area (Å²) in [6, 6.07) is 6.06. The van der Waals surface area contributed by atoms with Gasteiger partial charge in [0.2, 0.25) is 0 Å². The monoisotopic (exact) mass is 271 g/mol. The van der Waals surface area contributed by atoms with Gasteiger partial charge in [0.1, 0.15) is 18.0 Å². The Hall–Kier alpha value is -1.74. The Labute approximate surface area is 119 Å². The third-order valence-electron chi connectivity index (χ3n) is 4.18. The summed E-state index contributed by atoms with van der Waals surface area (Å²) in [4.78, 5) is 0. The highest BCUT2D eigenvalue weighted by atomic mass is 16.5. The van der Waals surface area contributed by atoms with Crippen LogP contribution < -0.4 is 10.5 Å². The van der Waals surface area contributed by atoms with Gasteiger partial charge in [-0.3, -0.25) is 0 Å². The van der Waals surface area contributed by atoms with Crippen LogP contribution in [0.3, 0.4) is 0 Å². The van der Waals surface area contributed by atoms with Gasteiger partial charge < -0.3 is 15.6 Å². The number of nitrogens with two attached hydrogens (primary N) is 1. The number of rotatable bonds is 1. The van der Waals surface area contributed by atoms with E-state index in [1.54, 1.807) is 6.92 Å². The highest BCUT2D eigenvalue weighted by Gasteiger charge is 2.34. The maximum Gasteiger partial charge on any atom is 0.130 e. The number of ether oxygens (including phenoxy) is 1.